The Morgan fingerprint density at radius 1 is 1.09 bits per heavy atom. The van der Waals surface area contributed by atoms with E-state index in [0.717, 1.165) is 16.8 Å². The Balaban J connectivity index is 2.06. The lowest BCUT2D eigenvalue weighted by Gasteiger charge is -2.12. The molecule has 2 aromatic rings. The van der Waals surface area contributed by atoms with Crippen LogP contribution in [0.1, 0.15) is 21.5 Å². The SMILES string of the molecule is C#CCNC(=O)c1ccccc1NCc1ccc(CO)cc1. The fourth-order valence-corrected chi connectivity index (χ4v) is 2.02. The van der Waals surface area contributed by atoms with Crippen molar-refractivity contribution in [2.24, 2.45) is 0 Å². The van der Waals surface area contributed by atoms with E-state index in [2.05, 4.69) is 16.6 Å². The summed E-state index contributed by atoms with van der Waals surface area (Å²) in [5.74, 6) is 2.19. The van der Waals surface area contributed by atoms with Crippen LogP contribution in [0, 0.1) is 12.3 Å². The lowest BCUT2D eigenvalue weighted by molar-refractivity contribution is 0.0959. The molecule has 4 nitrogen and oxygen atoms in total. The minimum atomic E-state index is -0.198. The molecule has 3 N–H and O–H groups in total. The summed E-state index contributed by atoms with van der Waals surface area (Å²) in [5, 5.41) is 14.9. The van der Waals surface area contributed by atoms with Gasteiger partial charge in [-0.3, -0.25) is 4.79 Å². The number of amides is 1. The number of hydrogen-bond donors (Lipinski definition) is 3. The largest absolute Gasteiger partial charge is 0.392 e. The standard InChI is InChI=1S/C18H18N2O2/c1-2-11-19-18(22)16-5-3-4-6-17(16)20-12-14-7-9-15(13-21)10-8-14/h1,3-10,20-21H,11-13H2,(H,19,22). The maximum absolute atomic E-state index is 12.0. The smallest absolute Gasteiger partial charge is 0.254 e. The third kappa shape index (κ3) is 4.11. The quantitative estimate of drug-likeness (QED) is 0.715. The predicted octanol–water partition coefficient (Wildman–Crippen LogP) is 2.15. The molecule has 22 heavy (non-hydrogen) atoms. The van der Waals surface area contributed by atoms with Crippen LogP contribution >= 0.6 is 0 Å². The molecule has 0 aliphatic heterocycles. The third-order valence-corrected chi connectivity index (χ3v) is 3.21. The zero-order valence-electron chi connectivity index (χ0n) is 12.2. The van der Waals surface area contributed by atoms with Gasteiger partial charge in [0.15, 0.2) is 0 Å². The van der Waals surface area contributed by atoms with Crippen LogP contribution in [0.5, 0.6) is 0 Å². The second kappa shape index (κ2) is 7.87. The molecular weight excluding hydrogens is 276 g/mol. The van der Waals surface area contributed by atoms with Crippen molar-refractivity contribution in [3.05, 3.63) is 65.2 Å². The number of terminal acetylenes is 1. The first-order chi connectivity index (χ1) is 10.7. The lowest BCUT2D eigenvalue weighted by Crippen LogP contribution is -2.24. The van der Waals surface area contributed by atoms with E-state index in [1.165, 1.54) is 0 Å². The van der Waals surface area contributed by atoms with Gasteiger partial charge in [0, 0.05) is 12.2 Å². The highest BCUT2D eigenvalue weighted by molar-refractivity contribution is 5.99. The highest BCUT2D eigenvalue weighted by Gasteiger charge is 2.09. The number of para-hydroxylation sites is 1. The summed E-state index contributed by atoms with van der Waals surface area (Å²) in [6, 6.07) is 14.9. The number of benzene rings is 2. The third-order valence-electron chi connectivity index (χ3n) is 3.21. The summed E-state index contributed by atoms with van der Waals surface area (Å²) in [4.78, 5) is 12.0. The molecule has 0 atom stereocenters. The first kappa shape index (κ1) is 15.6. The highest BCUT2D eigenvalue weighted by Crippen LogP contribution is 2.16. The Bertz CT molecular complexity index is 672. The Morgan fingerprint density at radius 2 is 1.77 bits per heavy atom. The van der Waals surface area contributed by atoms with Gasteiger partial charge in [-0.05, 0) is 23.3 Å². The van der Waals surface area contributed by atoms with Crippen molar-refractivity contribution in [3.63, 3.8) is 0 Å². The van der Waals surface area contributed by atoms with Gasteiger partial charge in [-0.25, -0.2) is 0 Å². The summed E-state index contributed by atoms with van der Waals surface area (Å²) >= 11 is 0. The van der Waals surface area contributed by atoms with Crippen LogP contribution in [0.15, 0.2) is 48.5 Å². The van der Waals surface area contributed by atoms with Gasteiger partial charge in [-0.1, -0.05) is 42.3 Å². The van der Waals surface area contributed by atoms with Crippen LogP contribution in [0.3, 0.4) is 0 Å². The molecule has 0 aromatic heterocycles. The molecule has 0 aliphatic carbocycles. The summed E-state index contributed by atoms with van der Waals surface area (Å²) in [7, 11) is 0. The Kier molecular flexibility index (Phi) is 5.58. The van der Waals surface area contributed by atoms with Crippen LogP contribution in [0.2, 0.25) is 0 Å². The predicted molar refractivity (Wildman–Crippen MR) is 87.3 cm³/mol. The van der Waals surface area contributed by atoms with E-state index in [9.17, 15) is 4.79 Å². The van der Waals surface area contributed by atoms with Gasteiger partial charge in [0.1, 0.15) is 0 Å². The molecule has 1 amide bonds. The van der Waals surface area contributed by atoms with Crippen LogP contribution in [-0.4, -0.2) is 17.6 Å². The van der Waals surface area contributed by atoms with Gasteiger partial charge in [0.05, 0.1) is 18.7 Å². The van der Waals surface area contributed by atoms with Gasteiger partial charge in [-0.15, -0.1) is 6.42 Å². The Morgan fingerprint density at radius 3 is 2.45 bits per heavy atom. The molecule has 0 heterocycles. The molecule has 0 saturated carbocycles. The summed E-state index contributed by atoms with van der Waals surface area (Å²) in [5.41, 5.74) is 3.25. The number of carbonyl (C=O) groups excluding carboxylic acids is 1. The Labute approximate surface area is 130 Å². The van der Waals surface area contributed by atoms with E-state index in [-0.39, 0.29) is 19.1 Å². The first-order valence-electron chi connectivity index (χ1n) is 6.98. The Hall–Kier alpha value is -2.77. The number of rotatable bonds is 6. The molecule has 112 valence electrons. The van der Waals surface area contributed by atoms with Crippen LogP contribution in [0.25, 0.3) is 0 Å². The first-order valence-corrected chi connectivity index (χ1v) is 6.98. The van der Waals surface area contributed by atoms with Crippen molar-refractivity contribution in [2.45, 2.75) is 13.2 Å². The molecule has 0 spiro atoms. The minimum absolute atomic E-state index is 0.0336. The zero-order chi connectivity index (χ0) is 15.8. The normalized spacial score (nSPS) is 9.82. The highest BCUT2D eigenvalue weighted by atomic mass is 16.3. The van der Waals surface area contributed by atoms with Crippen molar-refractivity contribution in [1.29, 1.82) is 0 Å². The van der Waals surface area contributed by atoms with Crippen LogP contribution in [-0.2, 0) is 13.2 Å². The summed E-state index contributed by atoms with van der Waals surface area (Å²) < 4.78 is 0. The molecule has 0 fully saturated rings. The van der Waals surface area contributed by atoms with Crippen LogP contribution in [0.4, 0.5) is 5.69 Å². The molecule has 0 bridgehead atoms. The number of anilines is 1. The van der Waals surface area contributed by atoms with Gasteiger partial charge < -0.3 is 15.7 Å². The van der Waals surface area contributed by atoms with Crippen LogP contribution < -0.4 is 10.6 Å². The van der Waals surface area contributed by atoms with Crippen molar-refractivity contribution in [1.82, 2.24) is 5.32 Å². The molecule has 0 unspecified atom stereocenters. The average molecular weight is 294 g/mol. The molecule has 0 saturated heterocycles. The maximum Gasteiger partial charge on any atom is 0.254 e. The van der Waals surface area contributed by atoms with Crippen molar-refractivity contribution in [2.75, 3.05) is 11.9 Å². The maximum atomic E-state index is 12.0. The lowest BCUT2D eigenvalue weighted by atomic mass is 10.1. The van der Waals surface area contributed by atoms with Crippen molar-refractivity contribution in [3.8, 4) is 12.3 Å². The summed E-state index contributed by atoms with van der Waals surface area (Å²) in [6.45, 7) is 0.826. The number of aliphatic hydroxyl groups excluding tert-OH is 1. The minimum Gasteiger partial charge on any atom is -0.392 e. The molecule has 2 aromatic carbocycles. The fraction of sp³-hybridized carbons (Fsp3) is 0.167. The van der Waals surface area contributed by atoms with E-state index in [4.69, 9.17) is 11.5 Å². The van der Waals surface area contributed by atoms with Gasteiger partial charge in [0.25, 0.3) is 5.91 Å². The van der Waals surface area contributed by atoms with Gasteiger partial charge in [0.2, 0.25) is 0 Å². The number of hydrogen-bond acceptors (Lipinski definition) is 3. The number of aliphatic hydroxyl groups is 1. The second-order valence-electron chi connectivity index (χ2n) is 4.76. The second-order valence-corrected chi connectivity index (χ2v) is 4.76. The van der Waals surface area contributed by atoms with E-state index < -0.39 is 0 Å². The van der Waals surface area contributed by atoms with E-state index in [1.807, 2.05) is 42.5 Å². The zero-order valence-corrected chi connectivity index (χ0v) is 12.2. The molecule has 0 aliphatic rings. The van der Waals surface area contributed by atoms with E-state index in [1.54, 1.807) is 6.07 Å². The average Bonchev–Trinajstić information content (AvgIpc) is 2.58. The number of carbonyl (C=O) groups is 1. The van der Waals surface area contributed by atoms with E-state index >= 15 is 0 Å². The molecule has 0 radical (unpaired) electrons. The molecular formula is C18H18N2O2. The molecule has 2 rings (SSSR count). The molecule has 4 heteroatoms. The number of nitrogens with one attached hydrogen (secondary N) is 2. The van der Waals surface area contributed by atoms with Crippen molar-refractivity contribution >= 4 is 11.6 Å². The monoisotopic (exact) mass is 294 g/mol. The van der Waals surface area contributed by atoms with E-state index in [0.29, 0.717) is 12.1 Å². The van der Waals surface area contributed by atoms with Gasteiger partial charge >= 0.3 is 0 Å². The fourth-order valence-electron chi connectivity index (χ4n) is 2.02. The summed E-state index contributed by atoms with van der Waals surface area (Å²) in [6.07, 6.45) is 5.15. The van der Waals surface area contributed by atoms with Crippen molar-refractivity contribution < 1.29 is 9.90 Å². The van der Waals surface area contributed by atoms with Gasteiger partial charge in [-0.2, -0.15) is 0 Å². The topological polar surface area (TPSA) is 61.4 Å².